The summed E-state index contributed by atoms with van der Waals surface area (Å²) in [4.78, 5) is 2.31. The predicted molar refractivity (Wildman–Crippen MR) is 72.2 cm³/mol. The zero-order chi connectivity index (χ0) is 14.5. The van der Waals surface area contributed by atoms with Crippen molar-refractivity contribution in [3.05, 3.63) is 0 Å². The highest BCUT2D eigenvalue weighted by molar-refractivity contribution is 4.85. The van der Waals surface area contributed by atoms with Crippen molar-refractivity contribution in [2.75, 3.05) is 26.2 Å². The lowest BCUT2D eigenvalue weighted by atomic mass is 9.86. The molecule has 0 aromatic carbocycles. The number of halogens is 3. The first-order valence-corrected chi connectivity index (χ1v) is 7.21. The molecule has 5 heteroatoms. The van der Waals surface area contributed by atoms with E-state index in [4.69, 9.17) is 0 Å². The quantitative estimate of drug-likeness (QED) is 0.794. The predicted octanol–water partition coefficient (Wildman–Crippen LogP) is 3.43. The molecule has 1 rings (SSSR count). The highest BCUT2D eigenvalue weighted by atomic mass is 19.4. The zero-order valence-electron chi connectivity index (χ0n) is 12.3. The molecule has 19 heavy (non-hydrogen) atoms. The van der Waals surface area contributed by atoms with Crippen LogP contribution in [0.5, 0.6) is 0 Å². The van der Waals surface area contributed by atoms with Gasteiger partial charge in [0.15, 0.2) is 0 Å². The molecule has 0 saturated carbocycles. The molecule has 1 aliphatic rings. The van der Waals surface area contributed by atoms with Gasteiger partial charge in [-0.3, -0.25) is 0 Å². The van der Waals surface area contributed by atoms with E-state index >= 15 is 0 Å². The first-order chi connectivity index (χ1) is 8.68. The Bertz CT molecular complexity index is 258. The Balaban J connectivity index is 2.32. The van der Waals surface area contributed by atoms with Gasteiger partial charge in [0.05, 0.1) is 0 Å². The molecule has 1 saturated heterocycles. The fraction of sp³-hybridized carbons (Fsp3) is 1.00. The van der Waals surface area contributed by atoms with E-state index in [0.29, 0.717) is 12.5 Å². The average Bonchev–Trinajstić information content (AvgIpc) is 2.47. The Morgan fingerprint density at radius 3 is 2.42 bits per heavy atom. The van der Waals surface area contributed by atoms with Crippen molar-refractivity contribution < 1.29 is 13.2 Å². The van der Waals surface area contributed by atoms with Gasteiger partial charge in [-0.2, -0.15) is 13.2 Å². The van der Waals surface area contributed by atoms with Crippen molar-refractivity contribution in [2.45, 2.75) is 58.7 Å². The third kappa shape index (κ3) is 7.16. The molecule has 0 aromatic rings. The second kappa shape index (κ2) is 6.93. The van der Waals surface area contributed by atoms with Gasteiger partial charge in [-0.15, -0.1) is 0 Å². The lowest BCUT2D eigenvalue weighted by molar-refractivity contribution is -0.135. The maximum Gasteiger partial charge on any atom is 0.389 e. The molecule has 1 fully saturated rings. The topological polar surface area (TPSA) is 15.3 Å². The molecule has 0 bridgehead atoms. The number of nitrogens with one attached hydrogen (secondary N) is 1. The Kier molecular flexibility index (Phi) is 6.12. The van der Waals surface area contributed by atoms with Crippen LogP contribution >= 0.6 is 0 Å². The van der Waals surface area contributed by atoms with Gasteiger partial charge in [0.2, 0.25) is 0 Å². The van der Waals surface area contributed by atoms with Gasteiger partial charge in [0, 0.05) is 19.0 Å². The van der Waals surface area contributed by atoms with Crippen LogP contribution in [0.1, 0.15) is 46.5 Å². The highest BCUT2D eigenvalue weighted by Crippen LogP contribution is 2.24. The van der Waals surface area contributed by atoms with E-state index in [1.54, 1.807) is 0 Å². The van der Waals surface area contributed by atoms with E-state index in [-0.39, 0.29) is 11.8 Å². The molecule has 1 aliphatic heterocycles. The third-order valence-corrected chi connectivity index (χ3v) is 3.71. The van der Waals surface area contributed by atoms with E-state index in [9.17, 15) is 13.2 Å². The van der Waals surface area contributed by atoms with Crippen molar-refractivity contribution in [1.82, 2.24) is 10.2 Å². The lowest BCUT2D eigenvalue weighted by Crippen LogP contribution is -2.46. The molecule has 0 spiro atoms. The Hall–Kier alpha value is -0.290. The number of hydrogen-bond donors (Lipinski definition) is 1. The number of alkyl halides is 3. The van der Waals surface area contributed by atoms with E-state index in [1.165, 1.54) is 0 Å². The molecule has 1 unspecified atom stereocenters. The number of rotatable bonds is 4. The smallest absolute Gasteiger partial charge is 0.312 e. The van der Waals surface area contributed by atoms with Crippen molar-refractivity contribution >= 4 is 0 Å². The van der Waals surface area contributed by atoms with Crippen LogP contribution in [0, 0.1) is 5.41 Å². The fourth-order valence-corrected chi connectivity index (χ4v) is 2.44. The van der Waals surface area contributed by atoms with Gasteiger partial charge < -0.3 is 10.2 Å². The van der Waals surface area contributed by atoms with Crippen LogP contribution in [0.15, 0.2) is 0 Å². The Morgan fingerprint density at radius 1 is 1.16 bits per heavy atom. The van der Waals surface area contributed by atoms with E-state index in [2.05, 4.69) is 31.0 Å². The highest BCUT2D eigenvalue weighted by Gasteiger charge is 2.28. The summed E-state index contributed by atoms with van der Waals surface area (Å²) in [6.45, 7) is 10.3. The average molecular weight is 280 g/mol. The summed E-state index contributed by atoms with van der Waals surface area (Å²) in [5.74, 6) is 0. The van der Waals surface area contributed by atoms with Crippen LogP contribution < -0.4 is 5.32 Å². The van der Waals surface area contributed by atoms with Gasteiger partial charge in [-0.25, -0.2) is 0 Å². The Labute approximate surface area is 114 Å². The molecule has 0 radical (unpaired) electrons. The molecular weight excluding hydrogens is 253 g/mol. The molecule has 0 amide bonds. The van der Waals surface area contributed by atoms with Crippen molar-refractivity contribution in [2.24, 2.45) is 5.41 Å². The molecule has 114 valence electrons. The maximum absolute atomic E-state index is 12.1. The normalized spacial score (nSPS) is 23.4. The third-order valence-electron chi connectivity index (χ3n) is 3.71. The van der Waals surface area contributed by atoms with E-state index in [0.717, 1.165) is 32.6 Å². The van der Waals surface area contributed by atoms with Crippen molar-refractivity contribution in [3.63, 3.8) is 0 Å². The summed E-state index contributed by atoms with van der Waals surface area (Å²) in [5.41, 5.74) is 0.189. The van der Waals surface area contributed by atoms with Crippen molar-refractivity contribution in [1.29, 1.82) is 0 Å². The number of hydrogen-bond acceptors (Lipinski definition) is 2. The minimum absolute atomic E-state index is 0.189. The van der Waals surface area contributed by atoms with Crippen LogP contribution in [0.25, 0.3) is 0 Å². The minimum atomic E-state index is -4.01. The second-order valence-corrected chi connectivity index (χ2v) is 6.60. The summed E-state index contributed by atoms with van der Waals surface area (Å²) < 4.78 is 36.2. The van der Waals surface area contributed by atoms with E-state index < -0.39 is 12.6 Å². The molecule has 1 heterocycles. The molecule has 1 N–H and O–H groups in total. The van der Waals surface area contributed by atoms with Crippen LogP contribution in [-0.2, 0) is 0 Å². The summed E-state index contributed by atoms with van der Waals surface area (Å²) in [6, 6.07) is 0.414. The molecule has 0 aliphatic carbocycles. The largest absolute Gasteiger partial charge is 0.389 e. The zero-order valence-corrected chi connectivity index (χ0v) is 12.3. The van der Waals surface area contributed by atoms with Gasteiger partial charge in [-0.1, -0.05) is 20.8 Å². The van der Waals surface area contributed by atoms with Crippen LogP contribution in [0.3, 0.4) is 0 Å². The second-order valence-electron chi connectivity index (χ2n) is 6.60. The number of unbranched alkanes of at least 4 members (excludes halogenated alkanes) is 1. The Morgan fingerprint density at radius 2 is 1.84 bits per heavy atom. The van der Waals surface area contributed by atoms with Gasteiger partial charge >= 0.3 is 6.18 Å². The molecule has 2 nitrogen and oxygen atoms in total. The maximum atomic E-state index is 12.1. The fourth-order valence-electron chi connectivity index (χ4n) is 2.44. The monoisotopic (exact) mass is 280 g/mol. The molecule has 1 atom stereocenters. The SMILES string of the molecule is CC(C)(C)C1CN(CCCCC(F)(F)F)CCCN1. The standard InChI is InChI=1S/C14H27F3N2/c1-13(2,3)12-11-19(10-6-8-18-12)9-5-4-7-14(15,16)17/h12,18H,4-11H2,1-3H3. The van der Waals surface area contributed by atoms with Crippen LogP contribution in [-0.4, -0.2) is 43.3 Å². The lowest BCUT2D eigenvalue weighted by Gasteiger charge is -2.33. The summed E-state index contributed by atoms with van der Waals surface area (Å²) >= 11 is 0. The van der Waals surface area contributed by atoms with Gasteiger partial charge in [-0.05, 0) is 44.3 Å². The molecule has 0 aromatic heterocycles. The van der Waals surface area contributed by atoms with Gasteiger partial charge in [0.1, 0.15) is 0 Å². The van der Waals surface area contributed by atoms with E-state index in [1.807, 2.05) is 0 Å². The summed E-state index contributed by atoms with van der Waals surface area (Å²) in [5, 5.41) is 3.54. The first kappa shape index (κ1) is 16.8. The summed E-state index contributed by atoms with van der Waals surface area (Å²) in [7, 11) is 0. The minimum Gasteiger partial charge on any atom is -0.312 e. The first-order valence-electron chi connectivity index (χ1n) is 7.21. The number of nitrogens with zero attached hydrogens (tertiary/aromatic N) is 1. The summed E-state index contributed by atoms with van der Waals surface area (Å²) in [6.07, 6.45) is -2.70. The van der Waals surface area contributed by atoms with Crippen molar-refractivity contribution in [3.8, 4) is 0 Å². The van der Waals surface area contributed by atoms with Gasteiger partial charge in [0.25, 0.3) is 0 Å². The van der Waals surface area contributed by atoms with Crippen LogP contribution in [0.2, 0.25) is 0 Å². The molecular formula is C14H27F3N2. The van der Waals surface area contributed by atoms with Crippen LogP contribution in [0.4, 0.5) is 13.2 Å².